The predicted octanol–water partition coefficient (Wildman–Crippen LogP) is 2.82. The molecule has 0 bridgehead atoms. The molecule has 11 heteroatoms. The summed E-state index contributed by atoms with van der Waals surface area (Å²) in [6.07, 6.45) is 0.570. The molecule has 0 aliphatic heterocycles. The van der Waals surface area contributed by atoms with E-state index in [1.807, 2.05) is 6.92 Å². The van der Waals surface area contributed by atoms with Gasteiger partial charge < -0.3 is 25.0 Å². The van der Waals surface area contributed by atoms with E-state index in [0.29, 0.717) is 42.7 Å². The summed E-state index contributed by atoms with van der Waals surface area (Å²) in [5, 5.41) is 20.3. The van der Waals surface area contributed by atoms with Gasteiger partial charge in [-0.1, -0.05) is 17.3 Å². The Bertz CT molecular complexity index is 743. The Morgan fingerprint density at radius 2 is 2.00 bits per heavy atom. The summed E-state index contributed by atoms with van der Waals surface area (Å²) in [7, 11) is 0. The average molecular weight is 525 g/mol. The zero-order valence-electron chi connectivity index (χ0n) is 16.3. The first-order valence-corrected chi connectivity index (χ1v) is 9.02. The molecule has 3 N–H and O–H groups in total. The molecular weight excluding hydrogens is 499 g/mol. The van der Waals surface area contributed by atoms with E-state index in [4.69, 9.17) is 4.52 Å². The molecule has 162 valence electrons. The maximum Gasteiger partial charge on any atom is 0.387 e. The third-order valence-corrected chi connectivity index (χ3v) is 3.69. The molecular formula is C18H26F2IN5O3. The summed E-state index contributed by atoms with van der Waals surface area (Å²) in [5.41, 5.74) is 0.563. The van der Waals surface area contributed by atoms with Gasteiger partial charge in [0.05, 0.1) is 12.6 Å². The van der Waals surface area contributed by atoms with Crippen LogP contribution in [0.2, 0.25) is 0 Å². The van der Waals surface area contributed by atoms with Crippen molar-refractivity contribution in [3.8, 4) is 5.75 Å². The van der Waals surface area contributed by atoms with Gasteiger partial charge in [0.1, 0.15) is 5.75 Å². The van der Waals surface area contributed by atoms with Crippen molar-refractivity contribution in [3.63, 3.8) is 0 Å². The van der Waals surface area contributed by atoms with Crippen LogP contribution in [0.5, 0.6) is 5.75 Å². The summed E-state index contributed by atoms with van der Waals surface area (Å²) in [4.78, 5) is 8.49. The highest BCUT2D eigenvalue weighted by Gasteiger charge is 2.10. The molecule has 1 heterocycles. The number of aliphatic imine (C=N–C) groups is 1. The molecule has 0 radical (unpaired) electrons. The number of alkyl halides is 2. The monoisotopic (exact) mass is 525 g/mol. The van der Waals surface area contributed by atoms with Crippen molar-refractivity contribution in [1.82, 2.24) is 20.8 Å². The van der Waals surface area contributed by atoms with Gasteiger partial charge in [-0.2, -0.15) is 13.8 Å². The molecule has 2 rings (SSSR count). The van der Waals surface area contributed by atoms with E-state index >= 15 is 0 Å². The summed E-state index contributed by atoms with van der Waals surface area (Å²) in [6.45, 7) is 2.27. The largest absolute Gasteiger partial charge is 0.435 e. The molecule has 0 aliphatic carbocycles. The van der Waals surface area contributed by atoms with Crippen LogP contribution in [-0.4, -0.2) is 47.5 Å². The summed E-state index contributed by atoms with van der Waals surface area (Å²) < 4.78 is 33.7. The quantitative estimate of drug-likeness (QED) is 0.190. The van der Waals surface area contributed by atoms with Crippen LogP contribution in [-0.2, 0) is 6.42 Å². The molecule has 0 saturated heterocycles. The number of aliphatic hydroxyl groups is 1. The van der Waals surface area contributed by atoms with Crippen LogP contribution in [0.4, 0.5) is 8.78 Å². The van der Waals surface area contributed by atoms with Crippen molar-refractivity contribution in [3.05, 3.63) is 41.5 Å². The number of guanidine groups is 1. The van der Waals surface area contributed by atoms with E-state index in [0.717, 1.165) is 6.42 Å². The number of aliphatic hydroxyl groups excluding tert-OH is 1. The van der Waals surface area contributed by atoms with Gasteiger partial charge in [0, 0.05) is 19.5 Å². The van der Waals surface area contributed by atoms with Crippen LogP contribution in [0.3, 0.4) is 0 Å². The van der Waals surface area contributed by atoms with Gasteiger partial charge in [0.15, 0.2) is 11.8 Å². The fraction of sp³-hybridized carbons (Fsp3) is 0.500. The third-order valence-electron chi connectivity index (χ3n) is 3.69. The highest BCUT2D eigenvalue weighted by atomic mass is 127. The maximum atomic E-state index is 12.2. The summed E-state index contributed by atoms with van der Waals surface area (Å²) >= 11 is 0. The number of nitrogens with zero attached hydrogens (tertiary/aromatic N) is 3. The molecule has 1 aromatic carbocycles. The van der Waals surface area contributed by atoms with Crippen LogP contribution in [0.1, 0.15) is 36.7 Å². The maximum absolute atomic E-state index is 12.2. The van der Waals surface area contributed by atoms with Gasteiger partial charge in [-0.25, -0.2) is 0 Å². The number of ether oxygens (including phenoxy) is 1. The Labute approximate surface area is 185 Å². The van der Waals surface area contributed by atoms with Crippen molar-refractivity contribution in [2.45, 2.75) is 39.4 Å². The van der Waals surface area contributed by atoms with Crippen molar-refractivity contribution in [2.24, 2.45) is 4.99 Å². The molecule has 29 heavy (non-hydrogen) atoms. The fourth-order valence-corrected chi connectivity index (χ4v) is 2.38. The Balaban J connectivity index is 0.00000420. The molecule has 1 unspecified atom stereocenters. The Kier molecular flexibility index (Phi) is 11.4. The zero-order valence-corrected chi connectivity index (χ0v) is 18.6. The number of benzene rings is 1. The summed E-state index contributed by atoms with van der Waals surface area (Å²) in [6, 6.07) is 5.84. The van der Waals surface area contributed by atoms with E-state index < -0.39 is 12.7 Å². The van der Waals surface area contributed by atoms with Gasteiger partial charge in [0.2, 0.25) is 5.89 Å². The van der Waals surface area contributed by atoms with E-state index in [1.54, 1.807) is 6.92 Å². The minimum Gasteiger partial charge on any atom is -0.435 e. The second-order valence-corrected chi connectivity index (χ2v) is 5.95. The fourth-order valence-electron chi connectivity index (χ4n) is 2.38. The van der Waals surface area contributed by atoms with E-state index in [9.17, 15) is 13.9 Å². The first-order chi connectivity index (χ1) is 13.5. The molecule has 0 fully saturated rings. The highest BCUT2D eigenvalue weighted by Crippen LogP contribution is 2.19. The van der Waals surface area contributed by atoms with Crippen LogP contribution < -0.4 is 15.4 Å². The van der Waals surface area contributed by atoms with E-state index in [1.165, 1.54) is 24.3 Å². The van der Waals surface area contributed by atoms with Gasteiger partial charge in [-0.05, 0) is 38.0 Å². The number of halogens is 3. The Hall–Kier alpha value is -2.02. The van der Waals surface area contributed by atoms with Crippen molar-refractivity contribution < 1.29 is 23.1 Å². The highest BCUT2D eigenvalue weighted by molar-refractivity contribution is 14.0. The molecule has 0 saturated carbocycles. The van der Waals surface area contributed by atoms with E-state index in [-0.39, 0.29) is 36.3 Å². The van der Waals surface area contributed by atoms with Crippen LogP contribution >= 0.6 is 24.0 Å². The third kappa shape index (κ3) is 9.35. The van der Waals surface area contributed by atoms with Gasteiger partial charge in [-0.15, -0.1) is 24.0 Å². The molecule has 1 atom stereocenters. The minimum atomic E-state index is -2.88. The topological polar surface area (TPSA) is 105 Å². The number of rotatable bonds is 10. The lowest BCUT2D eigenvalue weighted by Gasteiger charge is -2.13. The van der Waals surface area contributed by atoms with Crippen LogP contribution in [0.25, 0.3) is 0 Å². The van der Waals surface area contributed by atoms with Crippen LogP contribution in [0, 0.1) is 6.92 Å². The zero-order chi connectivity index (χ0) is 20.4. The molecule has 0 aliphatic rings. The van der Waals surface area contributed by atoms with Crippen molar-refractivity contribution in [2.75, 3.05) is 19.6 Å². The van der Waals surface area contributed by atoms with Gasteiger partial charge >= 0.3 is 6.61 Å². The number of nitrogens with one attached hydrogen (secondary N) is 2. The number of hydrogen-bond donors (Lipinski definition) is 3. The SMILES string of the molecule is CCNC(=NCC(O)c1ccc(OC(F)F)cc1)NCCCc1nc(C)no1.I. The molecule has 2 aromatic rings. The predicted molar refractivity (Wildman–Crippen MR) is 115 cm³/mol. The standard InChI is InChI=1S/C18H25F2N5O3.HI/c1-3-21-18(22-10-4-5-16-24-12(2)25-28-16)23-11-15(26)13-6-8-14(9-7-13)27-17(19)20;/h6-9,15,17,26H,3-5,10-11H2,1-2H3,(H2,21,22,23);1H. The van der Waals surface area contributed by atoms with Gasteiger partial charge in [0.25, 0.3) is 0 Å². The molecule has 0 amide bonds. The lowest BCUT2D eigenvalue weighted by Crippen LogP contribution is -2.38. The smallest absolute Gasteiger partial charge is 0.387 e. The second-order valence-electron chi connectivity index (χ2n) is 5.95. The second kappa shape index (κ2) is 13.2. The van der Waals surface area contributed by atoms with Crippen molar-refractivity contribution in [1.29, 1.82) is 0 Å². The lowest BCUT2D eigenvalue weighted by atomic mass is 10.1. The number of aryl methyl sites for hydroxylation is 2. The Morgan fingerprint density at radius 1 is 1.28 bits per heavy atom. The lowest BCUT2D eigenvalue weighted by molar-refractivity contribution is -0.0498. The normalized spacial score (nSPS) is 12.4. The van der Waals surface area contributed by atoms with Crippen LogP contribution in [0.15, 0.2) is 33.8 Å². The number of aromatic nitrogens is 2. The molecule has 1 aromatic heterocycles. The first kappa shape index (κ1) is 25.0. The minimum absolute atomic E-state index is 0. The van der Waals surface area contributed by atoms with Crippen molar-refractivity contribution >= 4 is 29.9 Å². The Morgan fingerprint density at radius 3 is 2.59 bits per heavy atom. The molecule has 8 nitrogen and oxygen atoms in total. The van der Waals surface area contributed by atoms with Gasteiger partial charge in [-0.3, -0.25) is 4.99 Å². The average Bonchev–Trinajstić information content (AvgIpc) is 3.08. The molecule has 0 spiro atoms. The number of hydrogen-bond acceptors (Lipinski definition) is 6. The summed E-state index contributed by atoms with van der Waals surface area (Å²) in [5.74, 6) is 1.82. The van der Waals surface area contributed by atoms with E-state index in [2.05, 4.69) is 30.5 Å². The first-order valence-electron chi connectivity index (χ1n) is 9.02.